The summed E-state index contributed by atoms with van der Waals surface area (Å²) in [7, 11) is 0. The van der Waals surface area contributed by atoms with Crippen molar-refractivity contribution in [3.63, 3.8) is 0 Å². The second-order valence-electron chi connectivity index (χ2n) is 4.59. The molecular weight excluding hydrogens is 269 g/mol. The van der Waals surface area contributed by atoms with E-state index in [4.69, 9.17) is 5.73 Å². The van der Waals surface area contributed by atoms with E-state index in [0.29, 0.717) is 22.8 Å². The Morgan fingerprint density at radius 3 is 2.76 bits per heavy atom. The van der Waals surface area contributed by atoms with E-state index >= 15 is 0 Å². The van der Waals surface area contributed by atoms with E-state index in [2.05, 4.69) is 18.1 Å². The van der Waals surface area contributed by atoms with E-state index in [0.717, 1.165) is 0 Å². The Balaban J connectivity index is 2.88. The van der Waals surface area contributed by atoms with Gasteiger partial charge in [-0.2, -0.15) is 0 Å². The van der Waals surface area contributed by atoms with E-state index in [9.17, 15) is 9.18 Å². The summed E-state index contributed by atoms with van der Waals surface area (Å²) in [5.74, 6) is -0.0577. The lowest BCUT2D eigenvalue weighted by atomic mass is 10.0. The molecule has 21 heavy (non-hydrogen) atoms. The standard InChI is InChI=1S/C16H16FN3O/c1-4-14-19-13(9-18)15(16(21)20(14)10(2)3)11-6-5-7-12(17)8-11/h4-8H,1-2,9,18H2,3H3. The molecule has 2 rings (SSSR count). The molecule has 0 aliphatic heterocycles. The van der Waals surface area contributed by atoms with E-state index < -0.39 is 5.82 Å². The van der Waals surface area contributed by atoms with Crippen LogP contribution in [0.1, 0.15) is 18.4 Å². The predicted molar refractivity (Wildman–Crippen MR) is 82.9 cm³/mol. The van der Waals surface area contributed by atoms with Crippen LogP contribution in [0.4, 0.5) is 4.39 Å². The zero-order valence-corrected chi connectivity index (χ0v) is 11.8. The van der Waals surface area contributed by atoms with Crippen molar-refractivity contribution in [2.24, 2.45) is 5.73 Å². The van der Waals surface area contributed by atoms with Gasteiger partial charge in [0.2, 0.25) is 0 Å². The van der Waals surface area contributed by atoms with Crippen molar-refractivity contribution in [2.45, 2.75) is 13.5 Å². The SMILES string of the molecule is C=Cc1nc(CN)c(-c2cccc(F)c2)c(=O)n1C(=C)C. The number of hydrogen-bond acceptors (Lipinski definition) is 3. The van der Waals surface area contributed by atoms with Gasteiger partial charge in [-0.1, -0.05) is 25.3 Å². The summed E-state index contributed by atoms with van der Waals surface area (Å²) in [4.78, 5) is 17.1. The zero-order valence-electron chi connectivity index (χ0n) is 11.8. The fourth-order valence-corrected chi connectivity index (χ4v) is 2.17. The molecule has 0 atom stereocenters. The average Bonchev–Trinajstić information content (AvgIpc) is 2.45. The molecular formula is C16H16FN3O. The van der Waals surface area contributed by atoms with Crippen molar-refractivity contribution in [3.8, 4) is 11.1 Å². The van der Waals surface area contributed by atoms with Crippen molar-refractivity contribution in [1.82, 2.24) is 9.55 Å². The summed E-state index contributed by atoms with van der Waals surface area (Å²) in [6.07, 6.45) is 1.46. The smallest absolute Gasteiger partial charge is 0.266 e. The van der Waals surface area contributed by atoms with Gasteiger partial charge in [-0.15, -0.1) is 0 Å². The topological polar surface area (TPSA) is 60.9 Å². The number of halogens is 1. The minimum absolute atomic E-state index is 0.0684. The Morgan fingerprint density at radius 1 is 1.52 bits per heavy atom. The molecule has 2 N–H and O–H groups in total. The lowest BCUT2D eigenvalue weighted by molar-refractivity contribution is 0.628. The minimum Gasteiger partial charge on any atom is -0.325 e. The van der Waals surface area contributed by atoms with Crippen molar-refractivity contribution >= 4 is 11.8 Å². The molecule has 0 unspecified atom stereocenters. The van der Waals surface area contributed by atoms with E-state index in [1.165, 1.54) is 28.8 Å². The van der Waals surface area contributed by atoms with Crippen LogP contribution < -0.4 is 11.3 Å². The summed E-state index contributed by atoms with van der Waals surface area (Å²) in [6.45, 7) is 9.17. The third kappa shape index (κ3) is 2.68. The monoisotopic (exact) mass is 285 g/mol. The predicted octanol–water partition coefficient (Wildman–Crippen LogP) is 2.64. The Hall–Kier alpha value is -2.53. The van der Waals surface area contributed by atoms with Crippen LogP contribution in [-0.4, -0.2) is 9.55 Å². The third-order valence-electron chi connectivity index (χ3n) is 3.06. The summed E-state index contributed by atoms with van der Waals surface area (Å²) in [5.41, 5.74) is 6.98. The van der Waals surface area contributed by atoms with Crippen molar-refractivity contribution in [2.75, 3.05) is 0 Å². The molecule has 0 bridgehead atoms. The van der Waals surface area contributed by atoms with Crippen LogP contribution in [0.2, 0.25) is 0 Å². The van der Waals surface area contributed by atoms with Crippen LogP contribution in [0.15, 0.2) is 42.2 Å². The van der Waals surface area contributed by atoms with Gasteiger partial charge >= 0.3 is 0 Å². The Kier molecular flexibility index (Phi) is 4.14. The quantitative estimate of drug-likeness (QED) is 0.939. The van der Waals surface area contributed by atoms with Gasteiger partial charge in [0.05, 0.1) is 11.3 Å². The molecule has 1 heterocycles. The molecule has 0 radical (unpaired) electrons. The van der Waals surface area contributed by atoms with Crippen LogP contribution in [0.5, 0.6) is 0 Å². The summed E-state index contributed by atoms with van der Waals surface area (Å²) < 4.78 is 14.8. The molecule has 0 amide bonds. The maximum absolute atomic E-state index is 13.4. The van der Waals surface area contributed by atoms with Gasteiger partial charge in [-0.05, 0) is 30.7 Å². The largest absolute Gasteiger partial charge is 0.325 e. The first-order valence-electron chi connectivity index (χ1n) is 6.39. The molecule has 108 valence electrons. The highest BCUT2D eigenvalue weighted by molar-refractivity contribution is 5.67. The lowest BCUT2D eigenvalue weighted by Gasteiger charge is -2.14. The molecule has 1 aromatic heterocycles. The first kappa shape index (κ1) is 14.9. The number of benzene rings is 1. The first-order chi connectivity index (χ1) is 9.99. The third-order valence-corrected chi connectivity index (χ3v) is 3.06. The van der Waals surface area contributed by atoms with E-state index in [1.54, 1.807) is 13.0 Å². The Bertz CT molecular complexity index is 778. The number of nitrogens with two attached hydrogens (primary N) is 1. The van der Waals surface area contributed by atoms with Gasteiger partial charge in [0.1, 0.15) is 11.6 Å². The summed E-state index contributed by atoms with van der Waals surface area (Å²) in [5, 5.41) is 0. The average molecular weight is 285 g/mol. The maximum Gasteiger partial charge on any atom is 0.266 e. The molecule has 0 aliphatic rings. The maximum atomic E-state index is 13.4. The Morgan fingerprint density at radius 2 is 2.24 bits per heavy atom. The first-order valence-corrected chi connectivity index (χ1v) is 6.39. The molecule has 0 saturated carbocycles. The van der Waals surface area contributed by atoms with Gasteiger partial charge in [0.25, 0.3) is 5.56 Å². The van der Waals surface area contributed by atoms with Crippen molar-refractivity contribution < 1.29 is 4.39 Å². The van der Waals surface area contributed by atoms with E-state index in [1.807, 2.05) is 0 Å². The second-order valence-corrected chi connectivity index (χ2v) is 4.59. The van der Waals surface area contributed by atoms with Crippen LogP contribution >= 0.6 is 0 Å². The second kappa shape index (κ2) is 5.85. The van der Waals surface area contributed by atoms with Crippen LogP contribution in [0, 0.1) is 5.82 Å². The van der Waals surface area contributed by atoms with Crippen molar-refractivity contribution in [1.29, 1.82) is 0 Å². The normalized spacial score (nSPS) is 10.4. The molecule has 5 heteroatoms. The fourth-order valence-electron chi connectivity index (χ4n) is 2.17. The molecule has 1 aromatic carbocycles. The number of hydrogen-bond donors (Lipinski definition) is 1. The lowest BCUT2D eigenvalue weighted by Crippen LogP contribution is -2.26. The molecule has 0 fully saturated rings. The molecule has 0 spiro atoms. The molecule has 0 aliphatic carbocycles. The van der Waals surface area contributed by atoms with E-state index in [-0.39, 0.29) is 17.7 Å². The molecule has 0 saturated heterocycles. The van der Waals surface area contributed by atoms with Crippen LogP contribution in [0.25, 0.3) is 22.9 Å². The highest BCUT2D eigenvalue weighted by Gasteiger charge is 2.16. The number of aromatic nitrogens is 2. The van der Waals surface area contributed by atoms with Crippen LogP contribution in [0.3, 0.4) is 0 Å². The highest BCUT2D eigenvalue weighted by atomic mass is 19.1. The number of nitrogens with zero attached hydrogens (tertiary/aromatic N) is 2. The molecule has 2 aromatic rings. The summed E-state index contributed by atoms with van der Waals surface area (Å²) >= 11 is 0. The van der Waals surface area contributed by atoms with Crippen molar-refractivity contribution in [3.05, 3.63) is 65.1 Å². The van der Waals surface area contributed by atoms with Gasteiger partial charge in [0, 0.05) is 12.2 Å². The van der Waals surface area contributed by atoms with Gasteiger partial charge in [-0.25, -0.2) is 9.37 Å². The van der Waals surface area contributed by atoms with Gasteiger partial charge in [0.15, 0.2) is 0 Å². The highest BCUT2D eigenvalue weighted by Crippen LogP contribution is 2.21. The Labute approximate surface area is 122 Å². The van der Waals surface area contributed by atoms with Crippen LogP contribution in [-0.2, 0) is 6.54 Å². The summed E-state index contributed by atoms with van der Waals surface area (Å²) in [6, 6.07) is 5.79. The number of rotatable bonds is 4. The minimum atomic E-state index is -0.426. The molecule has 4 nitrogen and oxygen atoms in total. The number of allylic oxidation sites excluding steroid dienone is 1. The van der Waals surface area contributed by atoms with Gasteiger partial charge < -0.3 is 5.73 Å². The zero-order chi connectivity index (χ0) is 15.6. The fraction of sp³-hybridized carbons (Fsp3) is 0.125. The van der Waals surface area contributed by atoms with Gasteiger partial charge in [-0.3, -0.25) is 9.36 Å².